The van der Waals surface area contributed by atoms with E-state index in [1.54, 1.807) is 0 Å². The second-order valence-electron chi connectivity index (χ2n) is 7.44. The average molecular weight is 311 g/mol. The summed E-state index contributed by atoms with van der Waals surface area (Å²) >= 11 is 0. The number of hydrogen-bond acceptors (Lipinski definition) is 3. The van der Waals surface area contributed by atoms with E-state index in [-0.39, 0.29) is 0 Å². The first-order valence-electron chi connectivity index (χ1n) is 9.90. The lowest BCUT2D eigenvalue weighted by Crippen LogP contribution is -2.37. The van der Waals surface area contributed by atoms with Gasteiger partial charge in [-0.05, 0) is 57.0 Å². The van der Waals surface area contributed by atoms with Gasteiger partial charge >= 0.3 is 0 Å². The van der Waals surface area contributed by atoms with Gasteiger partial charge in [0, 0.05) is 12.6 Å². The Morgan fingerprint density at radius 1 is 1.05 bits per heavy atom. The molecule has 3 nitrogen and oxygen atoms in total. The Labute approximate surface area is 137 Å². The standard InChI is InChI=1S/C19H38N2O/c1-2-3-4-5-6-7-8-13-22-17-9-10-19-18(14-17)16(11-12-20)15-21-19/h16-19,21H,2-15,20H2,1H3. The second kappa shape index (κ2) is 10.6. The number of nitrogens with two attached hydrogens (primary N) is 1. The zero-order valence-corrected chi connectivity index (χ0v) is 14.7. The maximum atomic E-state index is 6.19. The SMILES string of the molecule is CCCCCCCCCOC1CCC2NCC(CCN)C2C1. The molecule has 4 atom stereocenters. The van der Waals surface area contributed by atoms with Crippen LogP contribution in [-0.4, -0.2) is 31.8 Å². The molecule has 0 aromatic rings. The van der Waals surface area contributed by atoms with E-state index in [4.69, 9.17) is 10.5 Å². The van der Waals surface area contributed by atoms with Crippen molar-refractivity contribution >= 4 is 0 Å². The van der Waals surface area contributed by atoms with Gasteiger partial charge in [-0.15, -0.1) is 0 Å². The fourth-order valence-electron chi connectivity index (χ4n) is 4.38. The Hall–Kier alpha value is -0.120. The van der Waals surface area contributed by atoms with Gasteiger partial charge in [0.25, 0.3) is 0 Å². The minimum Gasteiger partial charge on any atom is -0.378 e. The Morgan fingerprint density at radius 2 is 1.82 bits per heavy atom. The quantitative estimate of drug-likeness (QED) is 0.570. The largest absolute Gasteiger partial charge is 0.378 e. The van der Waals surface area contributed by atoms with Gasteiger partial charge in [-0.1, -0.05) is 45.4 Å². The van der Waals surface area contributed by atoms with Gasteiger partial charge in [-0.2, -0.15) is 0 Å². The predicted molar refractivity (Wildman–Crippen MR) is 94.0 cm³/mol. The zero-order valence-electron chi connectivity index (χ0n) is 14.7. The number of hydrogen-bond donors (Lipinski definition) is 2. The maximum Gasteiger partial charge on any atom is 0.0579 e. The van der Waals surface area contributed by atoms with Crippen LogP contribution in [0.1, 0.15) is 77.6 Å². The van der Waals surface area contributed by atoms with Crippen LogP contribution in [0.4, 0.5) is 0 Å². The highest BCUT2D eigenvalue weighted by Gasteiger charge is 2.39. The first-order valence-corrected chi connectivity index (χ1v) is 9.90. The van der Waals surface area contributed by atoms with Gasteiger partial charge in [0.1, 0.15) is 0 Å². The molecule has 1 saturated carbocycles. The molecule has 0 radical (unpaired) electrons. The molecule has 22 heavy (non-hydrogen) atoms. The molecule has 3 N–H and O–H groups in total. The number of nitrogens with one attached hydrogen (secondary N) is 1. The van der Waals surface area contributed by atoms with Crippen molar-refractivity contribution in [3.05, 3.63) is 0 Å². The molecule has 1 saturated heterocycles. The molecule has 0 aromatic carbocycles. The average Bonchev–Trinajstić information content (AvgIpc) is 2.93. The minimum absolute atomic E-state index is 0.515. The summed E-state index contributed by atoms with van der Waals surface area (Å²) in [7, 11) is 0. The van der Waals surface area contributed by atoms with Crippen LogP contribution in [0.3, 0.4) is 0 Å². The van der Waals surface area contributed by atoms with E-state index in [0.717, 1.165) is 31.0 Å². The van der Waals surface area contributed by atoms with E-state index in [1.807, 2.05) is 0 Å². The summed E-state index contributed by atoms with van der Waals surface area (Å²) in [5.74, 6) is 1.61. The smallest absolute Gasteiger partial charge is 0.0579 e. The van der Waals surface area contributed by atoms with Crippen molar-refractivity contribution in [2.45, 2.75) is 89.7 Å². The van der Waals surface area contributed by atoms with Gasteiger partial charge in [-0.3, -0.25) is 0 Å². The first-order chi connectivity index (χ1) is 10.8. The van der Waals surface area contributed by atoms with E-state index >= 15 is 0 Å². The van der Waals surface area contributed by atoms with E-state index in [1.165, 1.54) is 77.2 Å². The molecular weight excluding hydrogens is 272 g/mol. The van der Waals surface area contributed by atoms with Crippen molar-refractivity contribution in [2.75, 3.05) is 19.7 Å². The van der Waals surface area contributed by atoms with Crippen LogP contribution in [0.25, 0.3) is 0 Å². The van der Waals surface area contributed by atoms with Gasteiger partial charge in [0.2, 0.25) is 0 Å². The van der Waals surface area contributed by atoms with Crippen molar-refractivity contribution < 1.29 is 4.74 Å². The molecule has 1 aliphatic carbocycles. The number of rotatable bonds is 11. The second-order valence-corrected chi connectivity index (χ2v) is 7.44. The molecule has 130 valence electrons. The lowest BCUT2D eigenvalue weighted by atomic mass is 9.77. The first kappa shape index (κ1) is 18.2. The fraction of sp³-hybridized carbons (Fsp3) is 1.00. The van der Waals surface area contributed by atoms with Gasteiger partial charge < -0.3 is 15.8 Å². The maximum absolute atomic E-state index is 6.19. The Bertz CT molecular complexity index is 285. The lowest BCUT2D eigenvalue weighted by Gasteiger charge is -2.34. The summed E-state index contributed by atoms with van der Waals surface area (Å²) in [4.78, 5) is 0. The lowest BCUT2D eigenvalue weighted by molar-refractivity contribution is 0.00234. The summed E-state index contributed by atoms with van der Waals surface area (Å²) in [6.45, 7) is 5.27. The third-order valence-corrected chi connectivity index (χ3v) is 5.74. The monoisotopic (exact) mass is 310 g/mol. The van der Waals surface area contributed by atoms with Gasteiger partial charge in [0.05, 0.1) is 6.10 Å². The van der Waals surface area contributed by atoms with Crippen LogP contribution in [0, 0.1) is 11.8 Å². The molecular formula is C19H38N2O. The normalized spacial score (nSPS) is 31.4. The fourth-order valence-corrected chi connectivity index (χ4v) is 4.38. The van der Waals surface area contributed by atoms with E-state index in [9.17, 15) is 0 Å². The highest BCUT2D eigenvalue weighted by atomic mass is 16.5. The van der Waals surface area contributed by atoms with Crippen molar-refractivity contribution in [3.8, 4) is 0 Å². The van der Waals surface area contributed by atoms with Gasteiger partial charge in [-0.25, -0.2) is 0 Å². The highest BCUT2D eigenvalue weighted by Crippen LogP contribution is 2.37. The molecule has 2 rings (SSSR count). The number of unbranched alkanes of at least 4 members (excludes halogenated alkanes) is 6. The predicted octanol–water partition coefficient (Wildman–Crippen LogP) is 3.86. The number of fused-ring (bicyclic) bond motifs is 1. The number of ether oxygens (including phenoxy) is 1. The Kier molecular flexibility index (Phi) is 8.79. The van der Waals surface area contributed by atoms with Crippen molar-refractivity contribution in [1.82, 2.24) is 5.32 Å². The Morgan fingerprint density at radius 3 is 2.59 bits per heavy atom. The zero-order chi connectivity index (χ0) is 15.6. The van der Waals surface area contributed by atoms with Crippen molar-refractivity contribution in [2.24, 2.45) is 17.6 Å². The molecule has 1 aliphatic heterocycles. The van der Waals surface area contributed by atoms with E-state index in [0.29, 0.717) is 6.10 Å². The molecule has 0 amide bonds. The molecule has 4 unspecified atom stereocenters. The molecule has 0 spiro atoms. The third-order valence-electron chi connectivity index (χ3n) is 5.74. The molecule has 0 aromatic heterocycles. The van der Waals surface area contributed by atoms with Crippen LogP contribution in [0.5, 0.6) is 0 Å². The van der Waals surface area contributed by atoms with Crippen LogP contribution < -0.4 is 11.1 Å². The third kappa shape index (κ3) is 5.82. The highest BCUT2D eigenvalue weighted by molar-refractivity contribution is 4.95. The molecule has 2 fully saturated rings. The van der Waals surface area contributed by atoms with Crippen LogP contribution in [0.2, 0.25) is 0 Å². The van der Waals surface area contributed by atoms with E-state index < -0.39 is 0 Å². The van der Waals surface area contributed by atoms with Crippen LogP contribution in [0.15, 0.2) is 0 Å². The summed E-state index contributed by atoms with van der Waals surface area (Å²) in [6, 6.07) is 0.745. The molecule has 0 bridgehead atoms. The van der Waals surface area contributed by atoms with Crippen LogP contribution >= 0.6 is 0 Å². The van der Waals surface area contributed by atoms with Crippen molar-refractivity contribution in [3.63, 3.8) is 0 Å². The summed E-state index contributed by atoms with van der Waals surface area (Å²) in [5.41, 5.74) is 5.76. The van der Waals surface area contributed by atoms with Crippen molar-refractivity contribution in [1.29, 1.82) is 0 Å². The van der Waals surface area contributed by atoms with E-state index in [2.05, 4.69) is 12.2 Å². The summed E-state index contributed by atoms with van der Waals surface area (Å²) in [6.07, 6.45) is 15.1. The van der Waals surface area contributed by atoms with Gasteiger partial charge in [0.15, 0.2) is 0 Å². The van der Waals surface area contributed by atoms with Crippen LogP contribution in [-0.2, 0) is 4.74 Å². The Balaban J connectivity index is 1.53. The summed E-state index contributed by atoms with van der Waals surface area (Å²) in [5, 5.41) is 3.70. The molecule has 3 heteroatoms. The molecule has 2 aliphatic rings. The topological polar surface area (TPSA) is 47.3 Å². The molecule has 1 heterocycles. The summed E-state index contributed by atoms with van der Waals surface area (Å²) < 4.78 is 6.19. The minimum atomic E-state index is 0.515.